The molecule has 3 atom stereocenters. The largest absolute Gasteiger partial charge is 0.393 e. The number of alkyl halides is 2. The summed E-state index contributed by atoms with van der Waals surface area (Å²) in [5.41, 5.74) is -2.52. The monoisotopic (exact) mass is 477 g/mol. The highest BCUT2D eigenvalue weighted by Gasteiger charge is 2.35. The SMILES string of the molecule is [2H]C(F)(F)c1cc2cnc(NC3([2H])C([2H])([2H])CN(S(C)(=O)=O)CC3([2H])[2H])nc2n([C@@H]2CC[C@@H](O)[C@H]2C)c1=O. The van der Waals surface area contributed by atoms with E-state index < -0.39 is 83.4 Å². The Morgan fingerprint density at radius 3 is 2.62 bits per heavy atom. The molecule has 1 saturated carbocycles. The fourth-order valence-electron chi connectivity index (χ4n) is 4.00. The minimum atomic E-state index is -4.24. The average molecular weight is 478 g/mol. The number of nitrogens with one attached hydrogen (secondary N) is 1. The Hall–Kier alpha value is -2.18. The van der Waals surface area contributed by atoms with Gasteiger partial charge in [-0.3, -0.25) is 9.36 Å². The third-order valence-electron chi connectivity index (χ3n) is 5.85. The minimum Gasteiger partial charge on any atom is -0.393 e. The molecular formula is C20H27F2N5O4S. The van der Waals surface area contributed by atoms with Crippen molar-refractivity contribution in [2.75, 3.05) is 24.7 Å². The zero-order chi connectivity index (χ0) is 28.6. The summed E-state index contributed by atoms with van der Waals surface area (Å²) in [4.78, 5) is 21.2. The maximum Gasteiger partial charge on any atom is 0.269 e. The van der Waals surface area contributed by atoms with E-state index in [1.54, 1.807) is 6.92 Å². The van der Waals surface area contributed by atoms with Gasteiger partial charge in [0.25, 0.3) is 12.0 Å². The van der Waals surface area contributed by atoms with Crippen LogP contribution in [0.4, 0.5) is 14.7 Å². The number of aliphatic hydroxyl groups excluding tert-OH is 1. The molecule has 9 nitrogen and oxygen atoms in total. The average Bonchev–Trinajstić information content (AvgIpc) is 3.08. The number of hydrogen-bond acceptors (Lipinski definition) is 7. The summed E-state index contributed by atoms with van der Waals surface area (Å²) in [6, 6.07) is -2.81. The van der Waals surface area contributed by atoms with Gasteiger partial charge >= 0.3 is 0 Å². The van der Waals surface area contributed by atoms with Crippen LogP contribution >= 0.6 is 0 Å². The van der Waals surface area contributed by atoms with Crippen molar-refractivity contribution in [3.05, 3.63) is 28.2 Å². The van der Waals surface area contributed by atoms with Crippen molar-refractivity contribution in [1.82, 2.24) is 18.8 Å². The Labute approximate surface area is 193 Å². The number of aromatic nitrogens is 3. The zero-order valence-corrected chi connectivity index (χ0v) is 18.2. The van der Waals surface area contributed by atoms with Crippen LogP contribution in [-0.4, -0.2) is 63.8 Å². The molecule has 32 heavy (non-hydrogen) atoms. The fraction of sp³-hybridized carbons (Fsp3) is 0.650. The van der Waals surface area contributed by atoms with E-state index in [2.05, 4.69) is 15.3 Å². The van der Waals surface area contributed by atoms with E-state index in [1.165, 1.54) is 0 Å². The molecule has 0 unspecified atom stereocenters. The lowest BCUT2D eigenvalue weighted by Crippen LogP contribution is -2.42. The quantitative estimate of drug-likeness (QED) is 0.675. The molecule has 0 spiro atoms. The van der Waals surface area contributed by atoms with Gasteiger partial charge in [-0.2, -0.15) is 4.98 Å². The lowest BCUT2D eigenvalue weighted by molar-refractivity contribution is 0.127. The summed E-state index contributed by atoms with van der Waals surface area (Å²) in [5.74, 6) is -1.04. The second-order valence-electron chi connectivity index (χ2n) is 7.92. The Kier molecular flexibility index (Phi) is 4.44. The molecule has 0 bridgehead atoms. The summed E-state index contributed by atoms with van der Waals surface area (Å²) >= 11 is 0. The molecule has 2 aromatic heterocycles. The van der Waals surface area contributed by atoms with Crippen LogP contribution in [0.1, 0.15) is 58.7 Å². The van der Waals surface area contributed by atoms with Gasteiger partial charge in [-0.05, 0) is 31.7 Å². The molecule has 0 radical (unpaired) electrons. The molecule has 0 aromatic carbocycles. The van der Waals surface area contributed by atoms with Gasteiger partial charge < -0.3 is 10.4 Å². The number of rotatable bonds is 5. The molecule has 176 valence electrons. The highest BCUT2D eigenvalue weighted by molar-refractivity contribution is 7.88. The maximum atomic E-state index is 14.0. The summed E-state index contributed by atoms with van der Waals surface area (Å²) < 4.78 is 103. The lowest BCUT2D eigenvalue weighted by atomic mass is 10.0. The van der Waals surface area contributed by atoms with Crippen molar-refractivity contribution >= 4 is 27.0 Å². The van der Waals surface area contributed by atoms with Crippen LogP contribution in [0.15, 0.2) is 17.1 Å². The van der Waals surface area contributed by atoms with Gasteiger partial charge in [0.1, 0.15) is 7.02 Å². The first-order chi connectivity index (χ1) is 17.2. The molecule has 1 aliphatic heterocycles. The van der Waals surface area contributed by atoms with E-state index >= 15 is 0 Å². The number of pyridine rings is 1. The molecule has 2 fully saturated rings. The number of aliphatic hydroxyl groups is 1. The van der Waals surface area contributed by atoms with Gasteiger partial charge in [0.05, 0.1) is 19.3 Å². The van der Waals surface area contributed by atoms with E-state index in [4.69, 9.17) is 8.22 Å². The van der Waals surface area contributed by atoms with Crippen LogP contribution in [0.25, 0.3) is 11.0 Å². The zero-order valence-electron chi connectivity index (χ0n) is 23.3. The fourth-order valence-corrected chi connectivity index (χ4v) is 4.60. The number of anilines is 1. The van der Waals surface area contributed by atoms with Crippen molar-refractivity contribution in [2.24, 2.45) is 5.92 Å². The van der Waals surface area contributed by atoms with Crippen molar-refractivity contribution in [1.29, 1.82) is 0 Å². The van der Waals surface area contributed by atoms with Crippen LogP contribution in [-0.2, 0) is 10.0 Å². The molecule has 4 rings (SSSR count). The summed E-state index contributed by atoms with van der Waals surface area (Å²) in [6.07, 6.45) is -8.31. The molecule has 12 heteroatoms. The number of hydrogen-bond donors (Lipinski definition) is 2. The molecular weight excluding hydrogens is 444 g/mol. The normalized spacial score (nSPS) is 32.8. The standard InChI is InChI=1S/C20H27F2N5O4S/c1-11-15(3-4-16(11)28)27-18-12(9-14(17(21)22)19(27)29)10-23-20(25-18)24-13-5-7-26(8-6-13)32(2,30)31/h9-11,13,15-17,28H,3-8H2,1-2H3,(H,23,24,25)/t11-,15+,16+/m0/s1/i5D2,6D2,13D,17D. The van der Waals surface area contributed by atoms with Crippen molar-refractivity contribution in [3.8, 4) is 0 Å². The maximum absolute atomic E-state index is 14.0. The molecule has 0 amide bonds. The smallest absolute Gasteiger partial charge is 0.269 e. The van der Waals surface area contributed by atoms with Gasteiger partial charge in [-0.15, -0.1) is 0 Å². The topological polar surface area (TPSA) is 117 Å². The molecule has 1 aliphatic carbocycles. The number of nitrogens with zero attached hydrogens (tertiary/aromatic N) is 4. The van der Waals surface area contributed by atoms with Gasteiger partial charge in [0, 0.05) is 48.1 Å². The number of piperidine rings is 1. The predicted octanol–water partition coefficient (Wildman–Crippen LogP) is 1.90. The Morgan fingerprint density at radius 2 is 2.06 bits per heavy atom. The molecule has 2 aliphatic rings. The number of halogens is 2. The third kappa shape index (κ3) is 4.35. The summed E-state index contributed by atoms with van der Waals surface area (Å²) in [6.45, 7) is -0.0387. The van der Waals surface area contributed by atoms with Crippen molar-refractivity contribution < 1.29 is 30.5 Å². The van der Waals surface area contributed by atoms with Crippen molar-refractivity contribution in [2.45, 2.75) is 57.1 Å². The van der Waals surface area contributed by atoms with E-state index in [-0.39, 0.29) is 23.9 Å². The van der Waals surface area contributed by atoms with Crippen LogP contribution in [0, 0.1) is 5.92 Å². The predicted molar refractivity (Wildman–Crippen MR) is 115 cm³/mol. The second-order valence-corrected chi connectivity index (χ2v) is 9.90. The minimum absolute atomic E-state index is 0.0670. The van der Waals surface area contributed by atoms with E-state index in [1.807, 2.05) is 0 Å². The number of fused-ring (bicyclic) bond motifs is 1. The number of sulfonamides is 1. The van der Waals surface area contributed by atoms with Gasteiger partial charge in [-0.25, -0.2) is 26.5 Å². The Balaban J connectivity index is 1.86. The van der Waals surface area contributed by atoms with E-state index in [0.29, 0.717) is 4.31 Å². The summed E-state index contributed by atoms with van der Waals surface area (Å²) in [7, 11) is -3.99. The summed E-state index contributed by atoms with van der Waals surface area (Å²) in [5, 5.41) is 12.5. The van der Waals surface area contributed by atoms with Crippen LogP contribution in [0.2, 0.25) is 0 Å². The molecule has 2 N–H and O–H groups in total. The Morgan fingerprint density at radius 1 is 1.38 bits per heavy atom. The third-order valence-corrected chi connectivity index (χ3v) is 7.05. The Bertz CT molecular complexity index is 1420. The van der Waals surface area contributed by atoms with Gasteiger partial charge in [-0.1, -0.05) is 6.92 Å². The van der Waals surface area contributed by atoms with Gasteiger partial charge in [0.15, 0.2) is 0 Å². The van der Waals surface area contributed by atoms with Crippen molar-refractivity contribution in [3.63, 3.8) is 0 Å². The van der Waals surface area contributed by atoms with Crippen LogP contribution in [0.3, 0.4) is 0 Å². The lowest BCUT2D eigenvalue weighted by Gasteiger charge is -2.30. The first-order valence-electron chi connectivity index (χ1n) is 12.9. The molecule has 1 saturated heterocycles. The van der Waals surface area contributed by atoms with E-state index in [9.17, 15) is 27.1 Å². The van der Waals surface area contributed by atoms with E-state index in [0.717, 1.165) is 23.1 Å². The van der Waals surface area contributed by atoms with Crippen LogP contribution < -0.4 is 10.9 Å². The first-order valence-corrected chi connectivity index (χ1v) is 11.8. The second kappa shape index (κ2) is 8.64. The highest BCUT2D eigenvalue weighted by Crippen LogP contribution is 2.37. The van der Waals surface area contributed by atoms with Crippen LogP contribution in [0.5, 0.6) is 0 Å². The molecule has 2 aromatic rings. The van der Waals surface area contributed by atoms with Gasteiger partial charge in [0.2, 0.25) is 16.0 Å². The molecule has 3 heterocycles. The highest BCUT2D eigenvalue weighted by atomic mass is 32.2. The first kappa shape index (κ1) is 16.4.